The zero-order chi connectivity index (χ0) is 15.4. The highest BCUT2D eigenvalue weighted by Gasteiger charge is 2.21. The third kappa shape index (κ3) is 3.24. The molecule has 1 aromatic carbocycles. The lowest BCUT2D eigenvalue weighted by atomic mass is 10.2. The van der Waals surface area contributed by atoms with Gasteiger partial charge in [0.25, 0.3) is 0 Å². The molecular formula is C13H11N3O5. The number of nitro groups is 1. The molecule has 0 aliphatic rings. The summed E-state index contributed by atoms with van der Waals surface area (Å²) in [5.41, 5.74) is 0.820. The maximum Gasteiger partial charge on any atom is 0.338 e. The van der Waals surface area contributed by atoms with Crippen molar-refractivity contribution in [3.8, 4) is 0 Å². The van der Waals surface area contributed by atoms with Crippen molar-refractivity contribution in [3.05, 3.63) is 57.6 Å². The second kappa shape index (κ2) is 5.87. The lowest BCUT2D eigenvalue weighted by Gasteiger charge is -2.00. The Bertz CT molecular complexity index is 703. The number of aromatic carboxylic acids is 1. The van der Waals surface area contributed by atoms with Gasteiger partial charge in [0, 0.05) is 18.0 Å². The summed E-state index contributed by atoms with van der Waals surface area (Å²) in [4.78, 5) is 21.0. The topological polar surface area (TPSA) is 118 Å². The third-order valence-corrected chi connectivity index (χ3v) is 2.66. The van der Waals surface area contributed by atoms with E-state index in [1.165, 1.54) is 31.3 Å². The number of carbonyl (C=O) groups is 1. The summed E-state index contributed by atoms with van der Waals surface area (Å²) in [7, 11) is 0. The van der Waals surface area contributed by atoms with Gasteiger partial charge >= 0.3 is 11.7 Å². The number of anilines is 1. The summed E-state index contributed by atoms with van der Waals surface area (Å²) < 4.78 is 4.85. The lowest BCUT2D eigenvalue weighted by Crippen LogP contribution is -1.96. The van der Waals surface area contributed by atoms with E-state index in [1.807, 2.05) is 0 Å². The van der Waals surface area contributed by atoms with E-state index in [0.717, 1.165) is 0 Å². The van der Waals surface area contributed by atoms with Crippen LogP contribution in [0.4, 0.5) is 11.4 Å². The Kier molecular flexibility index (Phi) is 3.98. The Morgan fingerprint density at radius 3 is 2.67 bits per heavy atom. The lowest BCUT2D eigenvalue weighted by molar-refractivity contribution is -0.386. The summed E-state index contributed by atoms with van der Waals surface area (Å²) in [6.45, 7) is 1.48. The number of carboxylic acids is 1. The molecule has 0 bridgehead atoms. The minimum atomic E-state index is -1.01. The molecule has 0 aliphatic heterocycles. The average Bonchev–Trinajstić information content (AvgIpc) is 2.80. The van der Waals surface area contributed by atoms with E-state index in [4.69, 9.17) is 9.63 Å². The predicted octanol–water partition coefficient (Wildman–Crippen LogP) is 2.67. The van der Waals surface area contributed by atoms with E-state index in [0.29, 0.717) is 5.69 Å². The summed E-state index contributed by atoms with van der Waals surface area (Å²) in [5, 5.41) is 26.0. The summed E-state index contributed by atoms with van der Waals surface area (Å²) in [6, 6.07) is 6.04. The van der Waals surface area contributed by atoms with Crippen LogP contribution in [-0.2, 0) is 0 Å². The Morgan fingerprint density at radius 2 is 2.10 bits per heavy atom. The Morgan fingerprint density at radius 1 is 1.43 bits per heavy atom. The molecule has 108 valence electrons. The molecule has 8 nitrogen and oxygen atoms in total. The molecule has 0 saturated carbocycles. The van der Waals surface area contributed by atoms with Crippen molar-refractivity contribution in [2.75, 3.05) is 5.32 Å². The van der Waals surface area contributed by atoms with Crippen LogP contribution in [0.1, 0.15) is 21.8 Å². The molecule has 0 unspecified atom stereocenters. The standard InChI is InChI=1S/C13H11N3O5/c1-8-12(16(19)20)11(21-15-8)6-7-14-10-4-2-9(3-5-10)13(17)18/h2-7,14H,1H3,(H,17,18). The molecule has 0 saturated heterocycles. The summed E-state index contributed by atoms with van der Waals surface area (Å²) >= 11 is 0. The second-order valence-electron chi connectivity index (χ2n) is 4.10. The fourth-order valence-corrected chi connectivity index (χ4v) is 1.64. The molecule has 8 heteroatoms. The molecule has 0 aliphatic carbocycles. The number of nitrogens with one attached hydrogen (secondary N) is 1. The van der Waals surface area contributed by atoms with Crippen molar-refractivity contribution >= 4 is 23.4 Å². The monoisotopic (exact) mass is 289 g/mol. The molecule has 0 amide bonds. The van der Waals surface area contributed by atoms with Crippen LogP contribution in [0, 0.1) is 17.0 Å². The first-order chi connectivity index (χ1) is 9.99. The van der Waals surface area contributed by atoms with Gasteiger partial charge in [-0.15, -0.1) is 0 Å². The smallest absolute Gasteiger partial charge is 0.338 e. The number of hydrogen-bond donors (Lipinski definition) is 2. The Labute approximate surface area is 118 Å². The van der Waals surface area contributed by atoms with E-state index < -0.39 is 10.9 Å². The molecule has 0 radical (unpaired) electrons. The highest BCUT2D eigenvalue weighted by molar-refractivity contribution is 5.88. The fraction of sp³-hybridized carbons (Fsp3) is 0.0769. The van der Waals surface area contributed by atoms with E-state index >= 15 is 0 Å². The fourth-order valence-electron chi connectivity index (χ4n) is 1.64. The van der Waals surface area contributed by atoms with Crippen LogP contribution in [0.25, 0.3) is 6.08 Å². The van der Waals surface area contributed by atoms with Crippen molar-refractivity contribution in [2.45, 2.75) is 6.92 Å². The van der Waals surface area contributed by atoms with Gasteiger partial charge in [0.2, 0.25) is 5.76 Å². The van der Waals surface area contributed by atoms with Gasteiger partial charge in [0.15, 0.2) is 5.69 Å². The SMILES string of the molecule is Cc1noc(C=CNc2ccc(C(=O)O)cc2)c1[N+](=O)[O-]. The van der Waals surface area contributed by atoms with Crippen molar-refractivity contribution in [2.24, 2.45) is 0 Å². The van der Waals surface area contributed by atoms with Crippen LogP contribution in [0.5, 0.6) is 0 Å². The van der Waals surface area contributed by atoms with Gasteiger partial charge in [0.1, 0.15) is 0 Å². The quantitative estimate of drug-likeness (QED) is 0.641. The third-order valence-electron chi connectivity index (χ3n) is 2.66. The summed E-state index contributed by atoms with van der Waals surface area (Å²) in [5.74, 6) is -0.975. The largest absolute Gasteiger partial charge is 0.478 e. The first-order valence-corrected chi connectivity index (χ1v) is 5.86. The zero-order valence-electron chi connectivity index (χ0n) is 10.9. The minimum absolute atomic E-state index is 0.0344. The molecule has 0 spiro atoms. The van der Waals surface area contributed by atoms with Gasteiger partial charge in [-0.1, -0.05) is 5.16 Å². The molecule has 1 aromatic heterocycles. The van der Waals surface area contributed by atoms with Gasteiger partial charge in [-0.05, 0) is 31.2 Å². The highest BCUT2D eigenvalue weighted by Crippen LogP contribution is 2.23. The van der Waals surface area contributed by atoms with Gasteiger partial charge < -0.3 is 14.9 Å². The van der Waals surface area contributed by atoms with Gasteiger partial charge in [-0.25, -0.2) is 4.79 Å². The first-order valence-electron chi connectivity index (χ1n) is 5.86. The Balaban J connectivity index is 2.09. The van der Waals surface area contributed by atoms with Crippen LogP contribution in [0.15, 0.2) is 35.0 Å². The molecular weight excluding hydrogens is 278 g/mol. The van der Waals surface area contributed by atoms with Crippen LogP contribution in [0.2, 0.25) is 0 Å². The average molecular weight is 289 g/mol. The second-order valence-corrected chi connectivity index (χ2v) is 4.10. The molecule has 2 aromatic rings. The molecule has 21 heavy (non-hydrogen) atoms. The van der Waals surface area contributed by atoms with Crippen LogP contribution in [0.3, 0.4) is 0 Å². The summed E-state index contributed by atoms with van der Waals surface area (Å²) in [6.07, 6.45) is 2.83. The minimum Gasteiger partial charge on any atom is -0.478 e. The maximum atomic E-state index is 10.8. The van der Waals surface area contributed by atoms with E-state index in [-0.39, 0.29) is 22.7 Å². The van der Waals surface area contributed by atoms with E-state index in [9.17, 15) is 14.9 Å². The number of nitrogens with zero attached hydrogens (tertiary/aromatic N) is 2. The van der Waals surface area contributed by atoms with Crippen LogP contribution < -0.4 is 5.32 Å². The van der Waals surface area contributed by atoms with E-state index in [1.54, 1.807) is 12.1 Å². The Hall–Kier alpha value is -3.16. The van der Waals surface area contributed by atoms with E-state index in [2.05, 4.69) is 10.5 Å². The zero-order valence-corrected chi connectivity index (χ0v) is 10.9. The van der Waals surface area contributed by atoms with Crippen molar-refractivity contribution in [1.29, 1.82) is 0 Å². The molecule has 0 fully saturated rings. The predicted molar refractivity (Wildman–Crippen MR) is 74.0 cm³/mol. The maximum absolute atomic E-state index is 10.8. The normalized spacial score (nSPS) is 10.7. The molecule has 2 N–H and O–H groups in total. The molecule has 0 atom stereocenters. The van der Waals surface area contributed by atoms with Crippen LogP contribution in [-0.4, -0.2) is 21.2 Å². The van der Waals surface area contributed by atoms with Crippen molar-refractivity contribution in [1.82, 2.24) is 5.16 Å². The first kappa shape index (κ1) is 14.3. The van der Waals surface area contributed by atoms with Crippen molar-refractivity contribution in [3.63, 3.8) is 0 Å². The number of benzene rings is 1. The number of rotatable bonds is 5. The van der Waals surface area contributed by atoms with Gasteiger partial charge in [-0.3, -0.25) is 10.1 Å². The highest BCUT2D eigenvalue weighted by atomic mass is 16.6. The number of aromatic nitrogens is 1. The van der Waals surface area contributed by atoms with Crippen LogP contribution >= 0.6 is 0 Å². The molecule has 2 rings (SSSR count). The molecule has 1 heterocycles. The van der Waals surface area contributed by atoms with Crippen molar-refractivity contribution < 1.29 is 19.3 Å². The number of hydrogen-bond acceptors (Lipinski definition) is 6. The van der Waals surface area contributed by atoms with Gasteiger partial charge in [0.05, 0.1) is 10.5 Å². The van der Waals surface area contributed by atoms with Gasteiger partial charge in [-0.2, -0.15) is 0 Å². The number of aryl methyl sites for hydroxylation is 1. The number of carboxylic acid groups (broad SMARTS) is 1.